The van der Waals surface area contributed by atoms with E-state index in [1.165, 1.54) is 0 Å². The fourth-order valence-electron chi connectivity index (χ4n) is 1.63. The van der Waals surface area contributed by atoms with Gasteiger partial charge in [0.25, 0.3) is 0 Å². The minimum atomic E-state index is 0.102. The topological polar surface area (TPSA) is 50.7 Å². The highest BCUT2D eigenvalue weighted by Crippen LogP contribution is 2.12. The van der Waals surface area contributed by atoms with Crippen molar-refractivity contribution in [2.75, 3.05) is 7.05 Å². The molecule has 2 aromatic rings. The lowest BCUT2D eigenvalue weighted by Gasteiger charge is -2.14. The molecule has 0 aliphatic heterocycles. The van der Waals surface area contributed by atoms with Crippen molar-refractivity contribution in [2.24, 2.45) is 0 Å². The quantitative estimate of drug-likeness (QED) is 0.865. The summed E-state index contributed by atoms with van der Waals surface area (Å²) >= 11 is 0. The van der Waals surface area contributed by atoms with Crippen LogP contribution in [-0.2, 0) is 6.42 Å². The van der Waals surface area contributed by atoms with Crippen LogP contribution in [0, 0.1) is 6.92 Å². The van der Waals surface area contributed by atoms with Gasteiger partial charge in [0.2, 0.25) is 0 Å². The van der Waals surface area contributed by atoms with Crippen LogP contribution in [0.5, 0.6) is 0 Å². The van der Waals surface area contributed by atoms with Gasteiger partial charge in [0.05, 0.1) is 6.04 Å². The number of hydrogen-bond acceptors (Lipinski definition) is 4. The van der Waals surface area contributed by atoms with Crippen molar-refractivity contribution in [3.8, 4) is 0 Å². The molecule has 88 valence electrons. The first-order chi connectivity index (χ1) is 8.29. The molecule has 4 heteroatoms. The van der Waals surface area contributed by atoms with Crippen molar-refractivity contribution in [1.29, 1.82) is 0 Å². The molecule has 0 spiro atoms. The van der Waals surface area contributed by atoms with E-state index in [9.17, 15) is 0 Å². The van der Waals surface area contributed by atoms with Crippen LogP contribution in [0.1, 0.15) is 23.1 Å². The first-order valence-electron chi connectivity index (χ1n) is 5.65. The van der Waals surface area contributed by atoms with Gasteiger partial charge in [-0.15, -0.1) is 0 Å². The van der Waals surface area contributed by atoms with Gasteiger partial charge in [0.1, 0.15) is 5.82 Å². The van der Waals surface area contributed by atoms with E-state index in [2.05, 4.69) is 20.3 Å². The Morgan fingerprint density at radius 3 is 2.53 bits per heavy atom. The summed E-state index contributed by atoms with van der Waals surface area (Å²) in [6.07, 6.45) is 6.27. The van der Waals surface area contributed by atoms with E-state index in [0.717, 1.165) is 23.5 Å². The maximum atomic E-state index is 4.34. The lowest BCUT2D eigenvalue weighted by atomic mass is 10.1. The van der Waals surface area contributed by atoms with E-state index in [1.807, 2.05) is 44.6 Å². The third-order valence-electron chi connectivity index (χ3n) is 2.60. The zero-order valence-electron chi connectivity index (χ0n) is 10.1. The summed E-state index contributed by atoms with van der Waals surface area (Å²) < 4.78 is 0. The lowest BCUT2D eigenvalue weighted by Crippen LogP contribution is -2.21. The van der Waals surface area contributed by atoms with Gasteiger partial charge in [0.15, 0.2) is 0 Å². The normalized spacial score (nSPS) is 12.4. The molecule has 0 amide bonds. The van der Waals surface area contributed by atoms with Crippen molar-refractivity contribution in [3.05, 3.63) is 53.9 Å². The molecule has 1 N–H and O–H groups in total. The Labute approximate surface area is 101 Å². The van der Waals surface area contributed by atoms with Crippen molar-refractivity contribution >= 4 is 0 Å². The molecule has 0 bridgehead atoms. The standard InChI is InChI=1S/C13H16N4/c1-10-8-16-13(17-9-10)12(14-2)7-11-5-3-4-6-15-11/h3-6,8-9,12,14H,7H2,1-2H3. The van der Waals surface area contributed by atoms with Gasteiger partial charge in [0, 0.05) is 30.7 Å². The molecule has 2 aromatic heterocycles. The van der Waals surface area contributed by atoms with Crippen LogP contribution in [0.15, 0.2) is 36.8 Å². The molecular formula is C13H16N4. The second-order valence-electron chi connectivity index (χ2n) is 3.99. The minimum absolute atomic E-state index is 0.102. The van der Waals surface area contributed by atoms with Crippen molar-refractivity contribution in [1.82, 2.24) is 20.3 Å². The summed E-state index contributed by atoms with van der Waals surface area (Å²) in [5.74, 6) is 0.809. The van der Waals surface area contributed by atoms with Crippen molar-refractivity contribution in [2.45, 2.75) is 19.4 Å². The zero-order valence-corrected chi connectivity index (χ0v) is 10.1. The van der Waals surface area contributed by atoms with Crippen molar-refractivity contribution in [3.63, 3.8) is 0 Å². The SMILES string of the molecule is CNC(Cc1ccccn1)c1ncc(C)cn1. The van der Waals surface area contributed by atoms with Crippen LogP contribution in [0.4, 0.5) is 0 Å². The number of hydrogen-bond donors (Lipinski definition) is 1. The summed E-state index contributed by atoms with van der Waals surface area (Å²) in [4.78, 5) is 13.0. The molecule has 0 aromatic carbocycles. The maximum absolute atomic E-state index is 4.34. The summed E-state index contributed by atoms with van der Waals surface area (Å²) in [6.45, 7) is 1.98. The number of aromatic nitrogens is 3. The van der Waals surface area contributed by atoms with Crippen LogP contribution >= 0.6 is 0 Å². The number of pyridine rings is 1. The summed E-state index contributed by atoms with van der Waals surface area (Å²) in [7, 11) is 1.91. The summed E-state index contributed by atoms with van der Waals surface area (Å²) in [5, 5.41) is 3.22. The number of nitrogens with one attached hydrogen (secondary N) is 1. The minimum Gasteiger partial charge on any atom is -0.310 e. The van der Waals surface area contributed by atoms with E-state index in [1.54, 1.807) is 6.20 Å². The molecule has 4 nitrogen and oxygen atoms in total. The number of likely N-dealkylation sites (N-methyl/N-ethyl adjacent to an activating group) is 1. The van der Waals surface area contributed by atoms with Gasteiger partial charge in [-0.3, -0.25) is 4.98 Å². The third-order valence-corrected chi connectivity index (χ3v) is 2.60. The molecule has 0 aliphatic carbocycles. The molecule has 2 rings (SSSR count). The monoisotopic (exact) mass is 228 g/mol. The molecule has 1 unspecified atom stereocenters. The highest BCUT2D eigenvalue weighted by atomic mass is 15.0. The van der Waals surface area contributed by atoms with Crippen LogP contribution in [0.3, 0.4) is 0 Å². The van der Waals surface area contributed by atoms with Gasteiger partial charge >= 0.3 is 0 Å². The third kappa shape index (κ3) is 3.07. The van der Waals surface area contributed by atoms with E-state index in [4.69, 9.17) is 0 Å². The Balaban J connectivity index is 2.14. The van der Waals surface area contributed by atoms with Gasteiger partial charge in [-0.25, -0.2) is 9.97 Å². The Kier molecular flexibility index (Phi) is 3.77. The van der Waals surface area contributed by atoms with Gasteiger partial charge < -0.3 is 5.32 Å². The molecule has 0 saturated heterocycles. The largest absolute Gasteiger partial charge is 0.310 e. The molecular weight excluding hydrogens is 212 g/mol. The average Bonchev–Trinajstić information content (AvgIpc) is 2.38. The lowest BCUT2D eigenvalue weighted by molar-refractivity contribution is 0.550. The number of nitrogens with zero attached hydrogens (tertiary/aromatic N) is 3. The average molecular weight is 228 g/mol. The van der Waals surface area contributed by atoms with E-state index >= 15 is 0 Å². The summed E-state index contributed by atoms with van der Waals surface area (Å²) in [6, 6.07) is 6.02. The highest BCUT2D eigenvalue weighted by molar-refractivity contribution is 5.10. The first-order valence-corrected chi connectivity index (χ1v) is 5.65. The zero-order chi connectivity index (χ0) is 12.1. The summed E-state index contributed by atoms with van der Waals surface area (Å²) in [5.41, 5.74) is 2.11. The van der Waals surface area contributed by atoms with E-state index in [0.29, 0.717) is 0 Å². The van der Waals surface area contributed by atoms with Crippen LogP contribution in [0.25, 0.3) is 0 Å². The fraction of sp³-hybridized carbons (Fsp3) is 0.308. The van der Waals surface area contributed by atoms with Crippen LogP contribution in [-0.4, -0.2) is 22.0 Å². The second-order valence-corrected chi connectivity index (χ2v) is 3.99. The Morgan fingerprint density at radius 2 is 1.94 bits per heavy atom. The maximum Gasteiger partial charge on any atom is 0.145 e. The predicted molar refractivity (Wildman–Crippen MR) is 66.5 cm³/mol. The van der Waals surface area contributed by atoms with Gasteiger partial charge in [-0.2, -0.15) is 0 Å². The highest BCUT2D eigenvalue weighted by Gasteiger charge is 2.13. The van der Waals surface area contributed by atoms with Crippen molar-refractivity contribution < 1.29 is 0 Å². The molecule has 0 saturated carbocycles. The predicted octanol–water partition coefficient (Wildman–Crippen LogP) is 1.68. The van der Waals surface area contributed by atoms with E-state index < -0.39 is 0 Å². The van der Waals surface area contributed by atoms with Crippen LogP contribution < -0.4 is 5.32 Å². The molecule has 0 aliphatic rings. The molecule has 0 radical (unpaired) electrons. The molecule has 2 heterocycles. The molecule has 17 heavy (non-hydrogen) atoms. The Morgan fingerprint density at radius 1 is 1.18 bits per heavy atom. The number of aryl methyl sites for hydroxylation is 1. The number of rotatable bonds is 4. The smallest absolute Gasteiger partial charge is 0.145 e. The molecule has 1 atom stereocenters. The molecule has 0 fully saturated rings. The van der Waals surface area contributed by atoms with E-state index in [-0.39, 0.29) is 6.04 Å². The Hall–Kier alpha value is -1.81. The van der Waals surface area contributed by atoms with Crippen LogP contribution in [0.2, 0.25) is 0 Å². The Bertz CT molecular complexity index is 453. The van der Waals surface area contributed by atoms with Gasteiger partial charge in [-0.05, 0) is 31.7 Å². The second kappa shape index (κ2) is 5.50. The van der Waals surface area contributed by atoms with Gasteiger partial charge in [-0.1, -0.05) is 6.07 Å². The fourth-order valence-corrected chi connectivity index (χ4v) is 1.63. The first kappa shape index (κ1) is 11.7.